The maximum absolute atomic E-state index is 12.0. The average Bonchev–Trinajstić information content (AvgIpc) is 3.19. The Hall–Kier alpha value is -1.99. The van der Waals surface area contributed by atoms with Crippen LogP contribution in [0, 0.1) is 0 Å². The van der Waals surface area contributed by atoms with Crippen molar-refractivity contribution in [3.63, 3.8) is 0 Å². The van der Waals surface area contributed by atoms with Gasteiger partial charge in [0.15, 0.2) is 0 Å². The minimum absolute atomic E-state index is 0.0740. The van der Waals surface area contributed by atoms with Gasteiger partial charge < -0.3 is 5.32 Å². The first kappa shape index (κ1) is 14.9. The standard InChI is InChI=1S/C15H13BrN4OS/c16-12-4-2-11(3-5-12)14(21)17-8-6-13-10-22-15(19-13)20-9-1-7-18-20/h1-5,7,9-10H,6,8H2,(H,17,21). The molecule has 5 nitrogen and oxygen atoms in total. The van der Waals surface area contributed by atoms with E-state index < -0.39 is 0 Å². The summed E-state index contributed by atoms with van der Waals surface area (Å²) in [6.45, 7) is 0.553. The molecular weight excluding hydrogens is 364 g/mol. The fraction of sp³-hybridized carbons (Fsp3) is 0.133. The van der Waals surface area contributed by atoms with Crippen molar-refractivity contribution in [3.8, 4) is 5.13 Å². The number of rotatable bonds is 5. The van der Waals surface area contributed by atoms with Gasteiger partial charge in [0.25, 0.3) is 5.91 Å². The predicted molar refractivity (Wildman–Crippen MR) is 89.4 cm³/mol. The lowest BCUT2D eigenvalue weighted by atomic mass is 10.2. The number of nitrogens with zero attached hydrogens (tertiary/aromatic N) is 3. The molecule has 3 rings (SSSR count). The summed E-state index contributed by atoms with van der Waals surface area (Å²) < 4.78 is 2.69. The van der Waals surface area contributed by atoms with Gasteiger partial charge in [0, 0.05) is 40.8 Å². The molecule has 0 radical (unpaired) electrons. The first-order valence-electron chi connectivity index (χ1n) is 6.70. The number of benzene rings is 1. The molecule has 0 atom stereocenters. The van der Waals surface area contributed by atoms with Gasteiger partial charge in [0.05, 0.1) is 5.69 Å². The minimum Gasteiger partial charge on any atom is -0.352 e. The Morgan fingerprint density at radius 3 is 2.86 bits per heavy atom. The molecule has 0 aliphatic heterocycles. The molecule has 0 saturated carbocycles. The fourth-order valence-electron chi connectivity index (χ4n) is 1.91. The summed E-state index contributed by atoms with van der Waals surface area (Å²) in [6.07, 6.45) is 4.28. The third kappa shape index (κ3) is 3.61. The van der Waals surface area contributed by atoms with E-state index in [-0.39, 0.29) is 5.91 Å². The highest BCUT2D eigenvalue weighted by Crippen LogP contribution is 2.14. The van der Waals surface area contributed by atoms with Crippen LogP contribution in [-0.4, -0.2) is 27.2 Å². The molecule has 112 valence electrons. The van der Waals surface area contributed by atoms with Crippen LogP contribution in [0.25, 0.3) is 5.13 Å². The van der Waals surface area contributed by atoms with E-state index in [9.17, 15) is 4.79 Å². The van der Waals surface area contributed by atoms with Crippen molar-refractivity contribution < 1.29 is 4.79 Å². The van der Waals surface area contributed by atoms with Gasteiger partial charge in [0.2, 0.25) is 5.13 Å². The molecule has 0 aliphatic carbocycles. The van der Waals surface area contributed by atoms with Crippen LogP contribution in [0.15, 0.2) is 52.6 Å². The SMILES string of the molecule is O=C(NCCc1csc(-n2cccn2)n1)c1ccc(Br)cc1. The maximum atomic E-state index is 12.0. The predicted octanol–water partition coefficient (Wildman–Crippen LogP) is 3.06. The second-order valence-electron chi connectivity index (χ2n) is 4.58. The van der Waals surface area contributed by atoms with E-state index in [2.05, 4.69) is 31.3 Å². The lowest BCUT2D eigenvalue weighted by Crippen LogP contribution is -2.25. The Balaban J connectivity index is 1.53. The van der Waals surface area contributed by atoms with Gasteiger partial charge in [-0.2, -0.15) is 5.10 Å². The molecule has 0 bridgehead atoms. The van der Waals surface area contributed by atoms with Crippen molar-refractivity contribution in [2.24, 2.45) is 0 Å². The van der Waals surface area contributed by atoms with Gasteiger partial charge in [-0.05, 0) is 30.3 Å². The molecule has 0 fully saturated rings. The van der Waals surface area contributed by atoms with Crippen molar-refractivity contribution in [2.45, 2.75) is 6.42 Å². The number of halogens is 1. The van der Waals surface area contributed by atoms with Gasteiger partial charge in [-0.15, -0.1) is 11.3 Å². The number of carbonyl (C=O) groups is 1. The molecule has 1 amide bonds. The number of thiazole rings is 1. The molecule has 2 aromatic heterocycles. The summed E-state index contributed by atoms with van der Waals surface area (Å²) in [4.78, 5) is 16.5. The van der Waals surface area contributed by atoms with Gasteiger partial charge in [-0.1, -0.05) is 15.9 Å². The molecule has 1 N–H and O–H groups in total. The van der Waals surface area contributed by atoms with Crippen molar-refractivity contribution in [1.29, 1.82) is 0 Å². The molecule has 2 heterocycles. The summed E-state index contributed by atoms with van der Waals surface area (Å²) in [5, 5.41) is 9.87. The number of nitrogens with one attached hydrogen (secondary N) is 1. The minimum atomic E-state index is -0.0740. The third-order valence-corrected chi connectivity index (χ3v) is 4.42. The molecular formula is C15H13BrN4OS. The monoisotopic (exact) mass is 376 g/mol. The van der Waals surface area contributed by atoms with Gasteiger partial charge in [-0.25, -0.2) is 9.67 Å². The van der Waals surface area contributed by atoms with Crippen LogP contribution in [0.2, 0.25) is 0 Å². The Kier molecular flexibility index (Phi) is 4.65. The fourth-order valence-corrected chi connectivity index (χ4v) is 2.97. The Morgan fingerprint density at radius 1 is 1.32 bits per heavy atom. The first-order valence-corrected chi connectivity index (χ1v) is 8.38. The summed E-state index contributed by atoms with van der Waals surface area (Å²) in [5.74, 6) is -0.0740. The molecule has 0 unspecified atom stereocenters. The van der Waals surface area contributed by atoms with Crippen LogP contribution in [0.1, 0.15) is 16.1 Å². The smallest absolute Gasteiger partial charge is 0.251 e. The number of amides is 1. The molecule has 3 aromatic rings. The average molecular weight is 377 g/mol. The Bertz CT molecular complexity index is 752. The number of carbonyl (C=O) groups excluding carboxylic acids is 1. The summed E-state index contributed by atoms with van der Waals surface area (Å²) in [6, 6.07) is 9.15. The van der Waals surface area contributed by atoms with Crippen molar-refractivity contribution in [2.75, 3.05) is 6.54 Å². The van der Waals surface area contributed by atoms with E-state index in [1.807, 2.05) is 29.8 Å². The number of hydrogen-bond acceptors (Lipinski definition) is 4. The zero-order valence-electron chi connectivity index (χ0n) is 11.6. The van der Waals surface area contributed by atoms with E-state index in [0.29, 0.717) is 18.5 Å². The second-order valence-corrected chi connectivity index (χ2v) is 6.34. The zero-order valence-corrected chi connectivity index (χ0v) is 14.0. The van der Waals surface area contributed by atoms with E-state index in [0.717, 1.165) is 15.3 Å². The van der Waals surface area contributed by atoms with Crippen molar-refractivity contribution in [3.05, 3.63) is 63.8 Å². The van der Waals surface area contributed by atoms with Crippen LogP contribution < -0.4 is 5.32 Å². The largest absolute Gasteiger partial charge is 0.352 e. The first-order chi connectivity index (χ1) is 10.7. The van der Waals surface area contributed by atoms with Crippen LogP contribution >= 0.6 is 27.3 Å². The van der Waals surface area contributed by atoms with Crippen LogP contribution in [-0.2, 0) is 6.42 Å². The topological polar surface area (TPSA) is 59.8 Å². The Morgan fingerprint density at radius 2 is 2.14 bits per heavy atom. The molecule has 22 heavy (non-hydrogen) atoms. The highest BCUT2D eigenvalue weighted by atomic mass is 79.9. The van der Waals surface area contributed by atoms with Crippen molar-refractivity contribution >= 4 is 33.2 Å². The van der Waals surface area contributed by atoms with E-state index >= 15 is 0 Å². The molecule has 0 aliphatic rings. The third-order valence-electron chi connectivity index (χ3n) is 3.01. The van der Waals surface area contributed by atoms with Gasteiger partial charge >= 0.3 is 0 Å². The van der Waals surface area contributed by atoms with Crippen LogP contribution in [0.4, 0.5) is 0 Å². The molecule has 1 aromatic carbocycles. The van der Waals surface area contributed by atoms with E-state index in [4.69, 9.17) is 0 Å². The zero-order chi connectivity index (χ0) is 15.4. The molecule has 0 spiro atoms. The lowest BCUT2D eigenvalue weighted by Gasteiger charge is -2.04. The van der Waals surface area contributed by atoms with Gasteiger partial charge in [-0.3, -0.25) is 4.79 Å². The number of hydrogen-bond donors (Lipinski definition) is 1. The molecule has 7 heteroatoms. The van der Waals surface area contributed by atoms with E-state index in [1.165, 1.54) is 11.3 Å². The Labute approximate surface area is 140 Å². The quantitative estimate of drug-likeness (QED) is 0.744. The highest BCUT2D eigenvalue weighted by molar-refractivity contribution is 9.10. The van der Waals surface area contributed by atoms with Crippen LogP contribution in [0.3, 0.4) is 0 Å². The maximum Gasteiger partial charge on any atom is 0.251 e. The van der Waals surface area contributed by atoms with E-state index in [1.54, 1.807) is 23.0 Å². The summed E-state index contributed by atoms with van der Waals surface area (Å²) >= 11 is 4.89. The highest BCUT2D eigenvalue weighted by Gasteiger charge is 2.07. The van der Waals surface area contributed by atoms with Crippen molar-refractivity contribution in [1.82, 2.24) is 20.1 Å². The summed E-state index contributed by atoms with van der Waals surface area (Å²) in [7, 11) is 0. The summed E-state index contributed by atoms with van der Waals surface area (Å²) in [5.41, 5.74) is 1.60. The molecule has 0 saturated heterocycles. The number of aromatic nitrogens is 3. The van der Waals surface area contributed by atoms with Crippen LogP contribution in [0.5, 0.6) is 0 Å². The normalized spacial score (nSPS) is 10.6. The second kappa shape index (κ2) is 6.85. The lowest BCUT2D eigenvalue weighted by molar-refractivity contribution is 0.0954. The van der Waals surface area contributed by atoms with Gasteiger partial charge in [0.1, 0.15) is 0 Å².